The summed E-state index contributed by atoms with van der Waals surface area (Å²) in [7, 11) is 0. The summed E-state index contributed by atoms with van der Waals surface area (Å²) in [5.41, 5.74) is 22.5. The van der Waals surface area contributed by atoms with Crippen LogP contribution in [0.2, 0.25) is 0 Å². The maximum Gasteiger partial charge on any atom is 0.0462 e. The van der Waals surface area contributed by atoms with Crippen molar-refractivity contribution in [3.63, 3.8) is 0 Å². The highest BCUT2D eigenvalue weighted by atomic mass is 32.1. The standard InChI is InChI=1S/C97H84N2S8/c1-3-5-7-9-11-13-59-97(60-14-12-10-8-6-4-2)83-65-73(67-23-37-75(38-24-67)98(77-41-27-69(28-42-77)85-51-55-93(104-85)89-19-15-61-100-89)78-43-29-70(30-44-78)86-52-56-94(105-86)90-20-16-62-101-90)35-49-81(83)82-50-36-74(66-84(82)97)68-25-39-76(40-26-68)99(79-45-31-71(32-46-79)87-53-57-95(106-87)91-21-17-63-102-91)80-47-33-72(34-48-80)88-54-58-96(107-88)92-22-18-64-103-92/h15-58,61-66H,3-14,59-60H2,1-2H3. The molecular formula is C97H84N2S8. The highest BCUT2D eigenvalue weighted by molar-refractivity contribution is 7.25. The predicted octanol–water partition coefficient (Wildman–Crippen LogP) is 33.6. The van der Waals surface area contributed by atoms with E-state index in [2.05, 4.69) is 324 Å². The zero-order chi connectivity index (χ0) is 71.9. The summed E-state index contributed by atoms with van der Waals surface area (Å²) in [5.74, 6) is 0. The Labute approximate surface area is 663 Å². The zero-order valence-corrected chi connectivity index (χ0v) is 67.0. The van der Waals surface area contributed by atoms with Crippen molar-refractivity contribution in [1.82, 2.24) is 0 Å². The van der Waals surface area contributed by atoms with Gasteiger partial charge in [-0.05, 0) is 259 Å². The number of benzene rings is 8. The molecular weight excluding hydrogens is 1450 g/mol. The van der Waals surface area contributed by atoms with Crippen LogP contribution in [0.4, 0.5) is 34.1 Å². The van der Waals surface area contributed by atoms with Gasteiger partial charge in [0.1, 0.15) is 0 Å². The van der Waals surface area contributed by atoms with E-state index in [0.29, 0.717) is 0 Å². The van der Waals surface area contributed by atoms with E-state index in [4.69, 9.17) is 0 Å². The lowest BCUT2D eigenvalue weighted by atomic mass is 9.70. The Morgan fingerprint density at radius 1 is 0.224 bits per heavy atom. The Bertz CT molecular complexity index is 4940. The van der Waals surface area contributed by atoms with Gasteiger partial charge in [0, 0.05) is 98.1 Å². The van der Waals surface area contributed by atoms with Crippen LogP contribution < -0.4 is 9.80 Å². The molecule has 0 atom stereocenters. The monoisotopic (exact) mass is 1530 g/mol. The maximum atomic E-state index is 2.63. The molecule has 0 aliphatic heterocycles. The van der Waals surface area contributed by atoms with Crippen LogP contribution in [0.5, 0.6) is 0 Å². The fourth-order valence-corrected chi connectivity index (χ4v) is 23.1. The largest absolute Gasteiger partial charge is 0.311 e. The van der Waals surface area contributed by atoms with Crippen molar-refractivity contribution in [3.05, 3.63) is 312 Å². The number of anilines is 6. The molecule has 0 saturated heterocycles. The summed E-state index contributed by atoms with van der Waals surface area (Å²) in [4.78, 5) is 20.5. The molecule has 0 unspecified atom stereocenters. The molecule has 0 saturated carbocycles. The molecule has 8 heterocycles. The molecule has 1 aliphatic carbocycles. The van der Waals surface area contributed by atoms with Gasteiger partial charge in [-0.2, -0.15) is 0 Å². The molecule has 0 radical (unpaired) electrons. The molecule has 0 bridgehead atoms. The average Bonchev–Trinajstić information content (AvgIpc) is 1.56. The SMILES string of the molecule is CCCCCCCCC1(CCCCCCCC)c2cc(-c3ccc(N(c4ccc(-c5ccc(-c6cccs6)s5)cc4)c4ccc(-c5ccc(-c6cccs6)s5)cc4)cc3)ccc2-c2ccc(-c3ccc(N(c4ccc(-c5ccc(-c6cccs6)s5)cc4)c4ccc(-c5ccc(-c6cccs6)s5)cc4)cc3)cc21. The fraction of sp³-hybridized carbons (Fsp3) is 0.175. The van der Waals surface area contributed by atoms with Gasteiger partial charge in [-0.25, -0.2) is 0 Å². The van der Waals surface area contributed by atoms with Crippen LogP contribution >= 0.6 is 90.7 Å². The molecule has 10 heteroatoms. The van der Waals surface area contributed by atoms with Gasteiger partial charge in [-0.15, -0.1) is 90.7 Å². The van der Waals surface area contributed by atoms with E-state index < -0.39 is 0 Å². The molecule has 8 aromatic heterocycles. The first-order chi connectivity index (χ1) is 52.9. The number of hydrogen-bond acceptors (Lipinski definition) is 10. The summed E-state index contributed by atoms with van der Waals surface area (Å²) in [5, 5.41) is 8.65. The van der Waals surface area contributed by atoms with Crippen molar-refractivity contribution < 1.29 is 0 Å². The Hall–Kier alpha value is -9.04. The van der Waals surface area contributed by atoms with Crippen molar-refractivity contribution in [1.29, 1.82) is 0 Å². The predicted molar refractivity (Wildman–Crippen MR) is 475 cm³/mol. The van der Waals surface area contributed by atoms with E-state index in [1.54, 1.807) is 45.3 Å². The Morgan fingerprint density at radius 3 is 0.729 bits per heavy atom. The van der Waals surface area contributed by atoms with Gasteiger partial charge in [0.2, 0.25) is 0 Å². The second-order valence-corrected chi connectivity index (χ2v) is 36.3. The van der Waals surface area contributed by atoms with Crippen molar-refractivity contribution >= 4 is 125 Å². The fourth-order valence-electron chi connectivity index (χ4n) is 15.7. The lowest BCUT2D eigenvalue weighted by molar-refractivity contribution is 0.398. The quantitative estimate of drug-likeness (QED) is 0.0414. The molecule has 530 valence electrons. The van der Waals surface area contributed by atoms with Crippen LogP contribution in [0.3, 0.4) is 0 Å². The molecule has 8 aromatic carbocycles. The molecule has 2 nitrogen and oxygen atoms in total. The molecule has 17 rings (SSSR count). The van der Waals surface area contributed by atoms with Crippen molar-refractivity contribution in [2.75, 3.05) is 9.80 Å². The Morgan fingerprint density at radius 2 is 0.467 bits per heavy atom. The minimum atomic E-state index is -0.122. The topological polar surface area (TPSA) is 6.48 Å². The Kier molecular flexibility index (Phi) is 21.7. The number of nitrogens with zero attached hydrogens (tertiary/aromatic N) is 2. The Balaban J connectivity index is 0.700. The minimum absolute atomic E-state index is 0.122. The van der Waals surface area contributed by atoms with E-state index in [1.807, 2.05) is 45.3 Å². The van der Waals surface area contributed by atoms with Crippen molar-refractivity contribution in [2.45, 2.75) is 109 Å². The van der Waals surface area contributed by atoms with Crippen LogP contribution in [0.15, 0.2) is 301 Å². The van der Waals surface area contributed by atoms with Crippen molar-refractivity contribution in [2.24, 2.45) is 0 Å². The van der Waals surface area contributed by atoms with E-state index >= 15 is 0 Å². The zero-order valence-electron chi connectivity index (χ0n) is 60.4. The van der Waals surface area contributed by atoms with Gasteiger partial charge in [-0.1, -0.05) is 212 Å². The molecule has 0 fully saturated rings. The lowest BCUT2D eigenvalue weighted by Crippen LogP contribution is -2.25. The van der Waals surface area contributed by atoms with Crippen LogP contribution in [-0.2, 0) is 5.41 Å². The van der Waals surface area contributed by atoms with Crippen LogP contribution in [-0.4, -0.2) is 0 Å². The number of unbranched alkanes of at least 4 members (excludes halogenated alkanes) is 10. The first-order valence-corrected chi connectivity index (χ1v) is 44.8. The number of hydrogen-bond donors (Lipinski definition) is 0. The van der Waals surface area contributed by atoms with Gasteiger partial charge < -0.3 is 9.80 Å². The van der Waals surface area contributed by atoms with Crippen LogP contribution in [0, 0.1) is 0 Å². The summed E-state index contributed by atoms with van der Waals surface area (Å²) in [6.45, 7) is 4.67. The van der Waals surface area contributed by atoms with Gasteiger partial charge in [-0.3, -0.25) is 0 Å². The van der Waals surface area contributed by atoms with E-state index in [-0.39, 0.29) is 5.41 Å². The van der Waals surface area contributed by atoms with E-state index in [0.717, 1.165) is 47.0 Å². The molecule has 0 N–H and O–H groups in total. The van der Waals surface area contributed by atoms with Gasteiger partial charge >= 0.3 is 0 Å². The smallest absolute Gasteiger partial charge is 0.0462 e. The van der Waals surface area contributed by atoms with Gasteiger partial charge in [0.15, 0.2) is 0 Å². The van der Waals surface area contributed by atoms with E-state index in [9.17, 15) is 0 Å². The second-order valence-electron chi connectivity index (χ2n) is 28.2. The third kappa shape index (κ3) is 15.3. The summed E-state index contributed by atoms with van der Waals surface area (Å²) in [6, 6.07) is 106. The summed E-state index contributed by atoms with van der Waals surface area (Å²) >= 11 is 14.7. The first-order valence-electron chi connectivity index (χ1n) is 38.0. The van der Waals surface area contributed by atoms with Crippen LogP contribution in [0.25, 0.3) is 114 Å². The third-order valence-electron chi connectivity index (χ3n) is 21.3. The second kappa shape index (κ2) is 32.8. The van der Waals surface area contributed by atoms with Gasteiger partial charge in [0.05, 0.1) is 0 Å². The number of thiophene rings is 8. The average molecular weight is 1530 g/mol. The number of fused-ring (bicyclic) bond motifs is 3. The summed E-state index contributed by atoms with van der Waals surface area (Å²) in [6.07, 6.45) is 17.6. The summed E-state index contributed by atoms with van der Waals surface area (Å²) < 4.78 is 0. The van der Waals surface area contributed by atoms with Crippen LogP contribution in [0.1, 0.15) is 115 Å². The molecule has 0 amide bonds. The normalized spacial score (nSPS) is 12.2. The molecule has 107 heavy (non-hydrogen) atoms. The highest BCUT2D eigenvalue weighted by Gasteiger charge is 2.43. The molecule has 0 spiro atoms. The van der Waals surface area contributed by atoms with Crippen molar-refractivity contribution in [3.8, 4) is 114 Å². The lowest BCUT2D eigenvalue weighted by Gasteiger charge is -2.33. The maximum absolute atomic E-state index is 2.63. The molecule has 1 aliphatic rings. The first kappa shape index (κ1) is 70.9. The third-order valence-corrected chi connectivity index (χ3v) is 30.1. The number of rotatable bonds is 30. The van der Waals surface area contributed by atoms with E-state index in [1.165, 1.54) is 202 Å². The minimum Gasteiger partial charge on any atom is -0.311 e. The van der Waals surface area contributed by atoms with Gasteiger partial charge in [0.25, 0.3) is 0 Å². The molecule has 16 aromatic rings. The highest BCUT2D eigenvalue weighted by Crippen LogP contribution is 2.57.